The van der Waals surface area contributed by atoms with Crippen molar-refractivity contribution < 1.29 is 33.8 Å². The van der Waals surface area contributed by atoms with Crippen molar-refractivity contribution in [3.05, 3.63) is 42.9 Å². The third-order valence-corrected chi connectivity index (χ3v) is 5.76. The average Bonchev–Trinajstić information content (AvgIpc) is 2.68. The van der Waals surface area contributed by atoms with Crippen LogP contribution in [0, 0.1) is 5.92 Å². The highest BCUT2D eigenvalue weighted by atomic mass is 79.9. The van der Waals surface area contributed by atoms with Gasteiger partial charge < -0.3 is 14.6 Å². The minimum atomic E-state index is -1.85. The van der Waals surface area contributed by atoms with Gasteiger partial charge in [-0.05, 0) is 57.3 Å². The molecule has 0 aliphatic carbocycles. The highest BCUT2D eigenvalue weighted by Crippen LogP contribution is 2.32. The van der Waals surface area contributed by atoms with E-state index in [1.54, 1.807) is 19.1 Å². The zero-order valence-electron chi connectivity index (χ0n) is 16.7. The number of Topliss-reactive ketones (excluding diaryl/α,β-unsaturated/α-hetero) is 2. The monoisotopic (exact) mass is 610 g/mol. The lowest BCUT2D eigenvalue weighted by atomic mass is 9.83. The van der Waals surface area contributed by atoms with Crippen LogP contribution in [0.4, 0.5) is 0 Å². The molecule has 1 aromatic rings. The molecule has 1 unspecified atom stereocenters. The molecule has 1 heterocycles. The Kier molecular flexibility index (Phi) is 10.6. The molecule has 30 heavy (non-hydrogen) atoms. The Bertz CT molecular complexity index is 856. The van der Waals surface area contributed by atoms with E-state index in [9.17, 15) is 24.3 Å². The molecule has 3 atom stereocenters. The predicted molar refractivity (Wildman–Crippen MR) is 120 cm³/mol. The number of cyclic esters (lactones) is 1. The van der Waals surface area contributed by atoms with Gasteiger partial charge in [-0.3, -0.25) is 9.59 Å². The normalized spacial score (nSPS) is 18.9. The zero-order valence-corrected chi connectivity index (χ0v) is 21.5. The molecule has 2 rings (SSSR count). The van der Waals surface area contributed by atoms with E-state index in [4.69, 9.17) is 4.74 Å². The van der Waals surface area contributed by atoms with Gasteiger partial charge in [0.25, 0.3) is 0 Å². The van der Waals surface area contributed by atoms with Gasteiger partial charge in [0.1, 0.15) is 6.26 Å². The molecule has 164 valence electrons. The van der Waals surface area contributed by atoms with Gasteiger partial charge in [-0.15, -0.1) is 0 Å². The van der Waals surface area contributed by atoms with Gasteiger partial charge >= 0.3 is 11.9 Å². The molecule has 0 fully saturated rings. The third-order valence-electron chi connectivity index (χ3n) is 4.06. The average molecular weight is 613 g/mol. The Morgan fingerprint density at radius 3 is 2.17 bits per heavy atom. The lowest BCUT2D eigenvalue weighted by molar-refractivity contribution is -0.157. The smallest absolute Gasteiger partial charge is 0.341 e. The summed E-state index contributed by atoms with van der Waals surface area (Å²) >= 11 is 9.83. The number of benzene rings is 1. The van der Waals surface area contributed by atoms with Crippen LogP contribution < -0.4 is 0 Å². The van der Waals surface area contributed by atoms with Gasteiger partial charge in [-0.1, -0.05) is 36.7 Å². The number of rotatable bonds is 6. The number of hydrogen-bond acceptors (Lipinski definition) is 7. The van der Waals surface area contributed by atoms with Crippen LogP contribution in [0.5, 0.6) is 0 Å². The molecule has 0 radical (unpaired) electrons. The molecule has 1 aliphatic rings. The quantitative estimate of drug-likeness (QED) is 0.471. The second-order valence-electron chi connectivity index (χ2n) is 5.94. The van der Waals surface area contributed by atoms with Crippen molar-refractivity contribution in [2.45, 2.75) is 46.3 Å². The summed E-state index contributed by atoms with van der Waals surface area (Å²) in [6, 6.07) is 3.28. The second kappa shape index (κ2) is 11.9. The molecule has 1 aliphatic heterocycles. The third kappa shape index (κ3) is 6.09. The number of esters is 2. The van der Waals surface area contributed by atoms with Gasteiger partial charge in [0.05, 0.1) is 11.5 Å². The van der Waals surface area contributed by atoms with Crippen molar-refractivity contribution >= 4 is 71.3 Å². The predicted octanol–water partition coefficient (Wildman–Crippen LogP) is 4.51. The number of ketones is 2. The minimum absolute atomic E-state index is 0.0831. The first-order valence-corrected chi connectivity index (χ1v) is 11.4. The van der Waals surface area contributed by atoms with Gasteiger partial charge in [-0.25, -0.2) is 9.59 Å². The van der Waals surface area contributed by atoms with Crippen LogP contribution in [0.1, 0.15) is 44.5 Å². The number of hydrogen-bond donors (Lipinski definition) is 1. The summed E-state index contributed by atoms with van der Waals surface area (Å²) in [4.78, 5) is 49.0. The van der Waals surface area contributed by atoms with Gasteiger partial charge in [0.15, 0.2) is 23.8 Å². The Morgan fingerprint density at radius 1 is 1.17 bits per heavy atom. The maximum atomic E-state index is 12.9. The van der Waals surface area contributed by atoms with Crippen LogP contribution >= 0.6 is 47.8 Å². The topological polar surface area (TPSA) is 107 Å². The number of halogens is 3. The number of aliphatic hydroxyl groups excluding tert-OH is 1. The number of carbonyl (C=O) groups is 4. The zero-order chi connectivity index (χ0) is 23.2. The van der Waals surface area contributed by atoms with Crippen molar-refractivity contribution in [3.63, 3.8) is 0 Å². The molecule has 0 bridgehead atoms. The lowest BCUT2D eigenvalue weighted by Gasteiger charge is -2.28. The van der Waals surface area contributed by atoms with Crippen LogP contribution in [0.25, 0.3) is 0 Å². The van der Waals surface area contributed by atoms with Crippen molar-refractivity contribution in [1.29, 1.82) is 0 Å². The Labute approximate surface area is 199 Å². The van der Waals surface area contributed by atoms with Crippen LogP contribution in [0.15, 0.2) is 37.4 Å². The van der Waals surface area contributed by atoms with Crippen molar-refractivity contribution in [2.24, 2.45) is 5.92 Å². The molecule has 0 aromatic heterocycles. The van der Waals surface area contributed by atoms with Gasteiger partial charge in [-0.2, -0.15) is 0 Å². The fourth-order valence-corrected chi connectivity index (χ4v) is 5.23. The minimum Gasteiger partial charge on any atom is -0.451 e. The summed E-state index contributed by atoms with van der Waals surface area (Å²) < 4.78 is 11.5. The maximum absolute atomic E-state index is 12.9. The SMILES string of the molecule is CC.CC[C@@H](OC(=O)c1c(Br)cc(Br)cc1Br)C(=O)[C@@H]1C(C(C)=O)=COC(=O)C1O. The number of carbonyl (C=O) groups excluding carboxylic acids is 4. The summed E-state index contributed by atoms with van der Waals surface area (Å²) in [6.45, 7) is 6.78. The lowest BCUT2D eigenvalue weighted by Crippen LogP contribution is -2.46. The van der Waals surface area contributed by atoms with Gasteiger partial charge in [0.2, 0.25) is 0 Å². The number of ether oxygens (including phenoxy) is 2. The molecule has 0 amide bonds. The first kappa shape index (κ1) is 26.7. The molecular formula is C20H21Br3O7. The molecule has 10 heteroatoms. The molecule has 0 saturated heterocycles. The van der Waals surface area contributed by atoms with Crippen LogP contribution in [0.3, 0.4) is 0 Å². The van der Waals surface area contributed by atoms with E-state index < -0.39 is 41.6 Å². The van der Waals surface area contributed by atoms with Crippen molar-refractivity contribution in [2.75, 3.05) is 0 Å². The van der Waals surface area contributed by atoms with Crippen LogP contribution in [-0.4, -0.2) is 40.8 Å². The summed E-state index contributed by atoms with van der Waals surface area (Å²) in [7, 11) is 0. The first-order chi connectivity index (χ1) is 14.1. The van der Waals surface area contributed by atoms with Crippen molar-refractivity contribution in [3.8, 4) is 0 Å². The van der Waals surface area contributed by atoms with E-state index in [1.165, 1.54) is 6.92 Å². The van der Waals surface area contributed by atoms with Crippen LogP contribution in [0.2, 0.25) is 0 Å². The Hall–Kier alpha value is -1.36. The van der Waals surface area contributed by atoms with Gasteiger partial charge in [0, 0.05) is 19.0 Å². The maximum Gasteiger partial charge on any atom is 0.341 e. The summed E-state index contributed by atoms with van der Waals surface area (Å²) in [5, 5.41) is 10.1. The van der Waals surface area contributed by atoms with E-state index in [0.29, 0.717) is 13.4 Å². The fraction of sp³-hybridized carbons (Fsp3) is 0.400. The summed E-state index contributed by atoms with van der Waals surface area (Å²) in [5.41, 5.74) is 0.0120. The van der Waals surface area contributed by atoms with E-state index in [1.807, 2.05) is 13.8 Å². The molecular weight excluding hydrogens is 592 g/mol. The Balaban J connectivity index is 0.00000218. The largest absolute Gasteiger partial charge is 0.451 e. The highest BCUT2D eigenvalue weighted by Gasteiger charge is 2.44. The highest BCUT2D eigenvalue weighted by molar-refractivity contribution is 9.11. The first-order valence-electron chi connectivity index (χ1n) is 9.07. The molecule has 1 N–H and O–H groups in total. The van der Waals surface area contributed by atoms with E-state index in [-0.39, 0.29) is 17.6 Å². The standard InChI is InChI=1S/C18H15Br3O7.C2H6/c1-3-12(28-17(25)14-10(20)4-8(19)5-11(14)21)15(23)13-9(7(2)22)6-27-18(26)16(13)24;1-2/h4-6,12-13,16,24H,3H2,1-2H3;1-2H3/t12-,13+,16?;/m1./s1. The van der Waals surface area contributed by atoms with E-state index in [2.05, 4.69) is 52.5 Å². The fourth-order valence-electron chi connectivity index (χ4n) is 2.65. The molecule has 0 saturated carbocycles. The van der Waals surface area contributed by atoms with E-state index >= 15 is 0 Å². The number of aliphatic hydroxyl groups is 1. The second-order valence-corrected chi connectivity index (χ2v) is 8.56. The van der Waals surface area contributed by atoms with Crippen molar-refractivity contribution in [1.82, 2.24) is 0 Å². The van der Waals surface area contributed by atoms with Crippen LogP contribution in [-0.2, 0) is 23.9 Å². The summed E-state index contributed by atoms with van der Waals surface area (Å²) in [6.07, 6.45) is -2.19. The Morgan fingerprint density at radius 2 is 1.70 bits per heavy atom. The van der Waals surface area contributed by atoms with E-state index in [0.717, 1.165) is 6.26 Å². The molecule has 1 aromatic carbocycles. The molecule has 0 spiro atoms. The summed E-state index contributed by atoms with van der Waals surface area (Å²) in [5.74, 6) is -4.60. The molecule has 7 nitrogen and oxygen atoms in total.